The second kappa shape index (κ2) is 6.65. The molecule has 9 heteroatoms. The molecule has 0 amide bonds. The molecule has 0 aliphatic rings. The predicted molar refractivity (Wildman–Crippen MR) is 62.7 cm³/mol. The molecule has 0 atom stereocenters. The van der Waals surface area contributed by atoms with Gasteiger partial charge in [0, 0.05) is 11.8 Å². The molecule has 0 saturated carbocycles. The molecule has 112 valence electrons. The zero-order valence-electron chi connectivity index (χ0n) is 10.6. The summed E-state index contributed by atoms with van der Waals surface area (Å²) in [5.74, 6) is -1.97. The summed E-state index contributed by atoms with van der Waals surface area (Å²) in [6, 6.07) is 0. The summed E-state index contributed by atoms with van der Waals surface area (Å²) in [5.41, 5.74) is 0.146. The van der Waals surface area contributed by atoms with Crippen LogP contribution in [0, 0.1) is 0 Å². The van der Waals surface area contributed by atoms with E-state index in [0.717, 1.165) is 14.2 Å². The van der Waals surface area contributed by atoms with Crippen molar-refractivity contribution in [1.29, 1.82) is 0 Å². The van der Waals surface area contributed by atoms with E-state index in [1.807, 2.05) is 0 Å². The van der Waals surface area contributed by atoms with Crippen molar-refractivity contribution < 1.29 is 32.2 Å². The molecule has 0 N–H and O–H groups in total. The van der Waals surface area contributed by atoms with E-state index in [9.17, 15) is 18.0 Å². The van der Waals surface area contributed by atoms with Gasteiger partial charge in [-0.1, -0.05) is 0 Å². The lowest BCUT2D eigenvalue weighted by atomic mass is 10.1. The Bertz CT molecular complexity index is 493. The van der Waals surface area contributed by atoms with Crippen LogP contribution in [0.4, 0.5) is 13.2 Å². The zero-order chi connectivity index (χ0) is 15.3. The molecule has 1 rings (SSSR count). The maximum Gasteiger partial charge on any atom is 0.573 e. The first-order valence-corrected chi connectivity index (χ1v) is 5.79. The van der Waals surface area contributed by atoms with Gasteiger partial charge in [0.05, 0.1) is 26.5 Å². The van der Waals surface area contributed by atoms with Crippen LogP contribution >= 0.6 is 11.6 Å². The fourth-order valence-corrected chi connectivity index (χ4v) is 1.73. The third-order valence-corrected chi connectivity index (χ3v) is 2.57. The fraction of sp³-hybridized carbons (Fsp3) is 0.455. The number of nitrogens with zero attached hydrogens (tertiary/aromatic N) is 1. The van der Waals surface area contributed by atoms with Crippen LogP contribution in [0.5, 0.6) is 11.6 Å². The normalized spacial score (nSPS) is 11.1. The Morgan fingerprint density at radius 1 is 1.40 bits per heavy atom. The van der Waals surface area contributed by atoms with Crippen LogP contribution in [0.15, 0.2) is 6.20 Å². The molecule has 1 aromatic heterocycles. The van der Waals surface area contributed by atoms with Crippen molar-refractivity contribution in [3.63, 3.8) is 0 Å². The van der Waals surface area contributed by atoms with E-state index in [1.54, 1.807) is 0 Å². The molecule has 0 aromatic carbocycles. The predicted octanol–water partition coefficient (Wildman–Crippen LogP) is 2.44. The summed E-state index contributed by atoms with van der Waals surface area (Å²) < 4.78 is 50.2. The molecule has 0 spiro atoms. The number of aromatic nitrogens is 1. The van der Waals surface area contributed by atoms with Gasteiger partial charge in [-0.3, -0.25) is 4.79 Å². The van der Waals surface area contributed by atoms with E-state index >= 15 is 0 Å². The number of methoxy groups -OCH3 is 2. The van der Waals surface area contributed by atoms with Gasteiger partial charge in [0.1, 0.15) is 0 Å². The van der Waals surface area contributed by atoms with Crippen molar-refractivity contribution in [3.05, 3.63) is 17.3 Å². The Kier molecular flexibility index (Phi) is 5.43. The smallest absolute Gasteiger partial charge is 0.478 e. The number of hydrogen-bond donors (Lipinski definition) is 0. The molecule has 0 saturated heterocycles. The lowest BCUT2D eigenvalue weighted by Crippen LogP contribution is -2.20. The van der Waals surface area contributed by atoms with Gasteiger partial charge < -0.3 is 14.2 Å². The molecule has 0 fully saturated rings. The summed E-state index contributed by atoms with van der Waals surface area (Å²) in [7, 11) is 2.30. The monoisotopic (exact) mass is 313 g/mol. The van der Waals surface area contributed by atoms with Crippen molar-refractivity contribution in [2.24, 2.45) is 0 Å². The van der Waals surface area contributed by atoms with Crippen LogP contribution in [-0.4, -0.2) is 31.5 Å². The average molecular weight is 314 g/mol. The van der Waals surface area contributed by atoms with Crippen LogP contribution in [-0.2, 0) is 21.8 Å². The van der Waals surface area contributed by atoms with E-state index in [0.29, 0.717) is 0 Å². The first kappa shape index (κ1) is 16.4. The Labute approximate surface area is 117 Å². The van der Waals surface area contributed by atoms with E-state index in [-0.39, 0.29) is 29.3 Å². The highest BCUT2D eigenvalue weighted by Crippen LogP contribution is 2.36. The van der Waals surface area contributed by atoms with Crippen molar-refractivity contribution in [1.82, 2.24) is 4.98 Å². The molecule has 1 heterocycles. The van der Waals surface area contributed by atoms with E-state index in [2.05, 4.69) is 14.5 Å². The summed E-state index contributed by atoms with van der Waals surface area (Å²) in [6.07, 6.45) is -4.01. The molecular formula is C11H11ClF3NO4. The van der Waals surface area contributed by atoms with Crippen LogP contribution < -0.4 is 9.47 Å². The number of hydrogen-bond acceptors (Lipinski definition) is 5. The number of ether oxygens (including phenoxy) is 3. The van der Waals surface area contributed by atoms with Gasteiger partial charge in [0.15, 0.2) is 5.75 Å². The molecule has 0 aliphatic heterocycles. The molecule has 0 bridgehead atoms. The van der Waals surface area contributed by atoms with Crippen molar-refractivity contribution in [2.45, 2.75) is 18.7 Å². The number of carbonyl (C=O) groups is 1. The molecule has 0 unspecified atom stereocenters. The molecular weight excluding hydrogens is 303 g/mol. The number of rotatable bonds is 5. The molecule has 0 aliphatic carbocycles. The highest BCUT2D eigenvalue weighted by Gasteiger charge is 2.35. The third kappa shape index (κ3) is 4.16. The van der Waals surface area contributed by atoms with Crippen LogP contribution in [0.25, 0.3) is 0 Å². The van der Waals surface area contributed by atoms with Gasteiger partial charge in [0.2, 0.25) is 0 Å². The maximum absolute atomic E-state index is 12.4. The SMILES string of the molecule is COC(=O)Cc1cnc(OC)c(OC(F)(F)F)c1CCl. The molecule has 1 aromatic rings. The fourth-order valence-electron chi connectivity index (χ4n) is 1.44. The quantitative estimate of drug-likeness (QED) is 0.617. The summed E-state index contributed by atoms with van der Waals surface area (Å²) in [6.45, 7) is 0. The Morgan fingerprint density at radius 2 is 2.05 bits per heavy atom. The van der Waals surface area contributed by atoms with Crippen molar-refractivity contribution in [2.75, 3.05) is 14.2 Å². The third-order valence-electron chi connectivity index (χ3n) is 2.30. The summed E-state index contributed by atoms with van der Waals surface area (Å²) in [4.78, 5) is 14.9. The number of pyridine rings is 1. The van der Waals surface area contributed by atoms with E-state index < -0.39 is 18.1 Å². The standard InChI is InChI=1S/C11H11ClF3NO4/c1-18-8(17)3-6-5-16-10(19-2)9(7(6)4-12)20-11(13,14)15/h5H,3-4H2,1-2H3. The highest BCUT2D eigenvalue weighted by molar-refractivity contribution is 6.17. The lowest BCUT2D eigenvalue weighted by molar-refractivity contribution is -0.275. The average Bonchev–Trinajstić information content (AvgIpc) is 2.37. The second-order valence-electron chi connectivity index (χ2n) is 3.53. The summed E-state index contributed by atoms with van der Waals surface area (Å²) in [5, 5.41) is 0. The van der Waals surface area contributed by atoms with Crippen LogP contribution in [0.2, 0.25) is 0 Å². The minimum Gasteiger partial charge on any atom is -0.478 e. The first-order chi connectivity index (χ1) is 9.32. The number of esters is 1. The van der Waals surface area contributed by atoms with Crippen molar-refractivity contribution >= 4 is 17.6 Å². The first-order valence-electron chi connectivity index (χ1n) is 5.25. The van der Waals surface area contributed by atoms with E-state index in [4.69, 9.17) is 16.3 Å². The van der Waals surface area contributed by atoms with Gasteiger partial charge in [-0.2, -0.15) is 0 Å². The van der Waals surface area contributed by atoms with Crippen LogP contribution in [0.3, 0.4) is 0 Å². The molecule has 20 heavy (non-hydrogen) atoms. The number of alkyl halides is 4. The topological polar surface area (TPSA) is 57.7 Å². The Hall–Kier alpha value is -1.70. The molecule has 0 radical (unpaired) electrons. The highest BCUT2D eigenvalue weighted by atomic mass is 35.5. The second-order valence-corrected chi connectivity index (χ2v) is 3.80. The number of carbonyl (C=O) groups excluding carboxylic acids is 1. The van der Waals surface area contributed by atoms with Crippen molar-refractivity contribution in [3.8, 4) is 11.6 Å². The zero-order valence-corrected chi connectivity index (χ0v) is 11.3. The van der Waals surface area contributed by atoms with Gasteiger partial charge in [-0.25, -0.2) is 4.98 Å². The van der Waals surface area contributed by atoms with Gasteiger partial charge in [-0.05, 0) is 5.56 Å². The van der Waals surface area contributed by atoms with Crippen LogP contribution in [0.1, 0.15) is 11.1 Å². The van der Waals surface area contributed by atoms with E-state index in [1.165, 1.54) is 6.20 Å². The molecule has 5 nitrogen and oxygen atoms in total. The number of halogens is 4. The summed E-state index contributed by atoms with van der Waals surface area (Å²) >= 11 is 5.64. The minimum atomic E-state index is -4.93. The van der Waals surface area contributed by atoms with Gasteiger partial charge in [0.25, 0.3) is 5.88 Å². The van der Waals surface area contributed by atoms with Gasteiger partial charge in [-0.15, -0.1) is 24.8 Å². The Morgan fingerprint density at radius 3 is 2.50 bits per heavy atom. The Balaban J connectivity index is 3.28. The lowest BCUT2D eigenvalue weighted by Gasteiger charge is -2.16. The largest absolute Gasteiger partial charge is 0.573 e. The minimum absolute atomic E-state index is 0.0266. The van der Waals surface area contributed by atoms with Gasteiger partial charge >= 0.3 is 12.3 Å². The maximum atomic E-state index is 12.4.